The molecule has 0 radical (unpaired) electrons. The van der Waals surface area contributed by atoms with Crippen molar-refractivity contribution in [3.63, 3.8) is 0 Å². The Hall–Kier alpha value is -1.82. The van der Waals surface area contributed by atoms with E-state index < -0.39 is 0 Å². The van der Waals surface area contributed by atoms with Crippen LogP contribution in [0.5, 0.6) is 0 Å². The minimum Gasteiger partial charge on any atom is -0.218 e. The molecule has 0 aliphatic rings. The number of hydrogen-bond donors (Lipinski definition) is 0. The van der Waals surface area contributed by atoms with Gasteiger partial charge in [0, 0.05) is 0 Å². The molecule has 0 spiro atoms. The first-order chi connectivity index (χ1) is 6.93. The van der Waals surface area contributed by atoms with Crippen molar-refractivity contribution in [1.82, 2.24) is 25.2 Å². The monoisotopic (exact) mass is 203 g/mol. The molecular weight excluding hydrogens is 198 g/mol. The molecule has 0 bridgehead atoms. The zero-order valence-electron chi connectivity index (χ0n) is 7.03. The molecule has 1 aromatic carbocycles. The SMILES string of the molecule is c1ccc2sc(-n3cnnn3)nc2c1. The first-order valence-electron chi connectivity index (χ1n) is 4.02. The average Bonchev–Trinajstić information content (AvgIpc) is 2.86. The molecule has 0 aliphatic carbocycles. The molecule has 0 aliphatic heterocycles. The summed E-state index contributed by atoms with van der Waals surface area (Å²) in [6.07, 6.45) is 1.54. The van der Waals surface area contributed by atoms with Gasteiger partial charge in [-0.25, -0.2) is 4.98 Å². The highest BCUT2D eigenvalue weighted by Crippen LogP contribution is 2.23. The van der Waals surface area contributed by atoms with Gasteiger partial charge in [0.2, 0.25) is 5.13 Å². The second-order valence-electron chi connectivity index (χ2n) is 2.72. The van der Waals surface area contributed by atoms with Gasteiger partial charge in [-0.2, -0.15) is 4.68 Å². The summed E-state index contributed by atoms with van der Waals surface area (Å²) in [6, 6.07) is 7.95. The third-order valence-electron chi connectivity index (χ3n) is 1.83. The molecule has 2 aromatic heterocycles. The van der Waals surface area contributed by atoms with E-state index in [2.05, 4.69) is 20.5 Å². The second-order valence-corrected chi connectivity index (χ2v) is 3.73. The number of thiazole rings is 1. The highest BCUT2D eigenvalue weighted by Gasteiger charge is 2.05. The average molecular weight is 203 g/mol. The molecule has 6 heteroatoms. The maximum Gasteiger partial charge on any atom is 0.214 e. The summed E-state index contributed by atoms with van der Waals surface area (Å²) in [6.45, 7) is 0. The number of nitrogens with zero attached hydrogens (tertiary/aromatic N) is 5. The summed E-state index contributed by atoms with van der Waals surface area (Å²) in [5.74, 6) is 0. The molecule has 0 saturated carbocycles. The first-order valence-corrected chi connectivity index (χ1v) is 4.84. The smallest absolute Gasteiger partial charge is 0.214 e. The van der Waals surface area contributed by atoms with Gasteiger partial charge in [0.25, 0.3) is 0 Å². The van der Waals surface area contributed by atoms with Crippen LogP contribution >= 0.6 is 11.3 Å². The Bertz CT molecular complexity index is 523. The van der Waals surface area contributed by atoms with Gasteiger partial charge in [0.1, 0.15) is 6.33 Å². The third kappa shape index (κ3) is 1.08. The fraction of sp³-hybridized carbons (Fsp3) is 0. The van der Waals surface area contributed by atoms with Crippen molar-refractivity contribution >= 4 is 21.6 Å². The largest absolute Gasteiger partial charge is 0.218 e. The highest BCUT2D eigenvalue weighted by molar-refractivity contribution is 7.20. The minimum absolute atomic E-state index is 0.788. The van der Waals surface area contributed by atoms with Crippen LogP contribution in [0.1, 0.15) is 0 Å². The van der Waals surface area contributed by atoms with Crippen LogP contribution in [0.4, 0.5) is 0 Å². The molecule has 0 amide bonds. The van der Waals surface area contributed by atoms with Crippen LogP contribution in [-0.4, -0.2) is 25.2 Å². The first kappa shape index (κ1) is 7.57. The Kier molecular flexibility index (Phi) is 1.54. The van der Waals surface area contributed by atoms with Crippen LogP contribution in [0.25, 0.3) is 15.3 Å². The van der Waals surface area contributed by atoms with Crippen LogP contribution in [0.2, 0.25) is 0 Å². The second kappa shape index (κ2) is 2.85. The summed E-state index contributed by atoms with van der Waals surface area (Å²) in [7, 11) is 0. The van der Waals surface area contributed by atoms with Crippen molar-refractivity contribution in [2.45, 2.75) is 0 Å². The minimum atomic E-state index is 0.788. The topological polar surface area (TPSA) is 56.5 Å². The molecule has 3 aromatic rings. The molecule has 2 heterocycles. The molecule has 5 nitrogen and oxygen atoms in total. The predicted molar refractivity (Wildman–Crippen MR) is 52.3 cm³/mol. The maximum absolute atomic E-state index is 4.39. The fourth-order valence-corrected chi connectivity index (χ4v) is 2.09. The van der Waals surface area contributed by atoms with Gasteiger partial charge >= 0.3 is 0 Å². The predicted octanol–water partition coefficient (Wildman–Crippen LogP) is 1.27. The Balaban J connectivity index is 2.24. The number of tetrazole rings is 1. The molecule has 14 heavy (non-hydrogen) atoms. The van der Waals surface area contributed by atoms with Gasteiger partial charge in [-0.3, -0.25) is 0 Å². The molecule has 68 valence electrons. The van der Waals surface area contributed by atoms with Gasteiger partial charge in [-0.1, -0.05) is 23.5 Å². The zero-order chi connectivity index (χ0) is 9.38. The van der Waals surface area contributed by atoms with E-state index >= 15 is 0 Å². The van der Waals surface area contributed by atoms with Gasteiger partial charge in [-0.15, -0.1) is 5.10 Å². The number of hydrogen-bond acceptors (Lipinski definition) is 5. The Labute approximate surface area is 83.0 Å². The van der Waals surface area contributed by atoms with Gasteiger partial charge in [-0.05, 0) is 22.6 Å². The van der Waals surface area contributed by atoms with Crippen molar-refractivity contribution in [3.8, 4) is 5.13 Å². The van der Waals surface area contributed by atoms with Crippen molar-refractivity contribution in [3.05, 3.63) is 30.6 Å². The van der Waals surface area contributed by atoms with Crippen molar-refractivity contribution in [1.29, 1.82) is 0 Å². The number of aromatic nitrogens is 5. The summed E-state index contributed by atoms with van der Waals surface area (Å²) < 4.78 is 2.70. The summed E-state index contributed by atoms with van der Waals surface area (Å²) in [5.41, 5.74) is 0.975. The normalized spacial score (nSPS) is 10.9. The van der Waals surface area contributed by atoms with Crippen molar-refractivity contribution in [2.24, 2.45) is 0 Å². The molecular formula is C8H5N5S. The van der Waals surface area contributed by atoms with Crippen LogP contribution in [-0.2, 0) is 0 Å². The Morgan fingerprint density at radius 1 is 1.21 bits per heavy atom. The Morgan fingerprint density at radius 2 is 2.14 bits per heavy atom. The van der Waals surface area contributed by atoms with E-state index in [4.69, 9.17) is 0 Å². The number of para-hydroxylation sites is 1. The molecule has 0 unspecified atom stereocenters. The maximum atomic E-state index is 4.39. The van der Waals surface area contributed by atoms with Crippen LogP contribution in [0.15, 0.2) is 30.6 Å². The molecule has 0 saturated heterocycles. The summed E-state index contributed by atoms with van der Waals surface area (Å²) in [4.78, 5) is 4.39. The standard InChI is InChI=1S/C8H5N5S/c1-2-4-7-6(3-1)10-8(14-7)13-5-9-11-12-13/h1-5H. The van der Waals surface area contributed by atoms with E-state index in [1.165, 1.54) is 6.33 Å². The van der Waals surface area contributed by atoms with E-state index in [0.29, 0.717) is 0 Å². The van der Waals surface area contributed by atoms with Crippen LogP contribution < -0.4 is 0 Å². The summed E-state index contributed by atoms with van der Waals surface area (Å²) in [5, 5.41) is 11.7. The van der Waals surface area contributed by atoms with E-state index in [1.807, 2.05) is 24.3 Å². The van der Waals surface area contributed by atoms with E-state index in [0.717, 1.165) is 15.3 Å². The van der Waals surface area contributed by atoms with Crippen LogP contribution in [0.3, 0.4) is 0 Å². The van der Waals surface area contributed by atoms with E-state index in [-0.39, 0.29) is 0 Å². The van der Waals surface area contributed by atoms with Crippen molar-refractivity contribution in [2.75, 3.05) is 0 Å². The van der Waals surface area contributed by atoms with Gasteiger partial charge in [0.15, 0.2) is 0 Å². The van der Waals surface area contributed by atoms with Gasteiger partial charge < -0.3 is 0 Å². The third-order valence-corrected chi connectivity index (χ3v) is 2.85. The molecule has 0 atom stereocenters. The molecule has 0 fully saturated rings. The lowest BCUT2D eigenvalue weighted by atomic mass is 10.3. The quantitative estimate of drug-likeness (QED) is 0.597. The summed E-state index contributed by atoms with van der Waals surface area (Å²) >= 11 is 1.56. The van der Waals surface area contributed by atoms with Crippen LogP contribution in [0, 0.1) is 0 Å². The van der Waals surface area contributed by atoms with E-state index in [9.17, 15) is 0 Å². The highest BCUT2D eigenvalue weighted by atomic mass is 32.1. The number of fused-ring (bicyclic) bond motifs is 1. The number of benzene rings is 1. The number of rotatable bonds is 1. The van der Waals surface area contributed by atoms with Crippen molar-refractivity contribution < 1.29 is 0 Å². The fourth-order valence-electron chi connectivity index (χ4n) is 1.21. The lowest BCUT2D eigenvalue weighted by molar-refractivity contribution is 0.785. The van der Waals surface area contributed by atoms with E-state index in [1.54, 1.807) is 16.0 Å². The lowest BCUT2D eigenvalue weighted by Gasteiger charge is -1.86. The zero-order valence-corrected chi connectivity index (χ0v) is 7.85. The Morgan fingerprint density at radius 3 is 2.93 bits per heavy atom. The molecule has 0 N–H and O–H groups in total. The lowest BCUT2D eigenvalue weighted by Crippen LogP contribution is -1.92. The molecule has 3 rings (SSSR count). The van der Waals surface area contributed by atoms with Gasteiger partial charge in [0.05, 0.1) is 10.2 Å².